The zero-order valence-electron chi connectivity index (χ0n) is 10.4. The maximum absolute atomic E-state index is 12.3. The molecule has 1 N–H and O–H groups in total. The largest absolute Gasteiger partial charge is 0.480 e. The van der Waals surface area contributed by atoms with Gasteiger partial charge in [-0.2, -0.15) is 4.68 Å². The molecular formula is C12H13N3O3S. The van der Waals surface area contributed by atoms with Crippen molar-refractivity contribution < 1.29 is 9.90 Å². The van der Waals surface area contributed by atoms with Crippen molar-refractivity contribution >= 4 is 27.5 Å². The van der Waals surface area contributed by atoms with Crippen LogP contribution < -0.4 is 5.56 Å². The SMILES string of the molecule is C[C@@H]1CCc2c(sc3nnn(CC(=O)O)c(=O)c23)C1. The average molecular weight is 279 g/mol. The number of carboxylic acid groups (broad SMARTS) is 1. The Morgan fingerprint density at radius 2 is 2.37 bits per heavy atom. The first-order chi connectivity index (χ1) is 9.06. The number of hydrogen-bond donors (Lipinski definition) is 1. The van der Waals surface area contributed by atoms with Crippen molar-refractivity contribution in [2.45, 2.75) is 32.7 Å². The number of aryl methyl sites for hydroxylation is 1. The van der Waals surface area contributed by atoms with E-state index in [4.69, 9.17) is 5.11 Å². The second-order valence-electron chi connectivity index (χ2n) is 4.98. The molecule has 0 aliphatic heterocycles. The predicted octanol–water partition coefficient (Wildman–Crippen LogP) is 1.06. The third kappa shape index (κ3) is 2.03. The molecule has 6 nitrogen and oxygen atoms in total. The predicted molar refractivity (Wildman–Crippen MR) is 70.5 cm³/mol. The van der Waals surface area contributed by atoms with Crippen molar-refractivity contribution in [3.63, 3.8) is 0 Å². The minimum Gasteiger partial charge on any atom is -0.480 e. The number of aromatic nitrogens is 3. The number of aliphatic carboxylic acids is 1. The Balaban J connectivity index is 2.20. The van der Waals surface area contributed by atoms with Crippen LogP contribution in [0.5, 0.6) is 0 Å². The van der Waals surface area contributed by atoms with E-state index in [1.807, 2.05) is 0 Å². The number of rotatable bonds is 2. The van der Waals surface area contributed by atoms with Crippen molar-refractivity contribution in [2.75, 3.05) is 0 Å². The number of nitrogens with zero attached hydrogens (tertiary/aromatic N) is 3. The summed E-state index contributed by atoms with van der Waals surface area (Å²) in [6.45, 7) is 1.75. The molecule has 0 saturated heterocycles. The van der Waals surface area contributed by atoms with Crippen LogP contribution in [-0.4, -0.2) is 26.1 Å². The fraction of sp³-hybridized carbons (Fsp3) is 0.500. The molecule has 2 aromatic heterocycles. The molecule has 0 spiro atoms. The van der Waals surface area contributed by atoms with Gasteiger partial charge in [0.05, 0.1) is 5.39 Å². The summed E-state index contributed by atoms with van der Waals surface area (Å²) in [6, 6.07) is 0. The monoisotopic (exact) mass is 279 g/mol. The third-order valence-corrected chi connectivity index (χ3v) is 4.61. The normalized spacial score (nSPS) is 18.5. The van der Waals surface area contributed by atoms with Crippen LogP contribution in [0.25, 0.3) is 10.2 Å². The Morgan fingerprint density at radius 3 is 3.11 bits per heavy atom. The maximum atomic E-state index is 12.3. The molecule has 19 heavy (non-hydrogen) atoms. The summed E-state index contributed by atoms with van der Waals surface area (Å²) in [6.07, 6.45) is 2.89. The van der Waals surface area contributed by atoms with Gasteiger partial charge >= 0.3 is 5.97 Å². The van der Waals surface area contributed by atoms with E-state index in [9.17, 15) is 9.59 Å². The first-order valence-electron chi connectivity index (χ1n) is 6.16. The van der Waals surface area contributed by atoms with Crippen LogP contribution in [0.1, 0.15) is 23.8 Å². The van der Waals surface area contributed by atoms with Gasteiger partial charge in [0.2, 0.25) is 0 Å². The highest BCUT2D eigenvalue weighted by atomic mass is 32.1. The Hall–Kier alpha value is -1.76. The van der Waals surface area contributed by atoms with E-state index in [1.165, 1.54) is 16.2 Å². The van der Waals surface area contributed by atoms with Gasteiger partial charge in [-0.1, -0.05) is 12.1 Å². The van der Waals surface area contributed by atoms with Gasteiger partial charge in [0.25, 0.3) is 5.56 Å². The van der Waals surface area contributed by atoms with Crippen LogP contribution in [0.4, 0.5) is 0 Å². The van der Waals surface area contributed by atoms with Crippen LogP contribution in [-0.2, 0) is 24.2 Å². The summed E-state index contributed by atoms with van der Waals surface area (Å²) < 4.78 is 0.926. The summed E-state index contributed by atoms with van der Waals surface area (Å²) in [4.78, 5) is 24.8. The second-order valence-corrected chi connectivity index (χ2v) is 6.06. The highest BCUT2D eigenvalue weighted by molar-refractivity contribution is 7.18. The van der Waals surface area contributed by atoms with Crippen LogP contribution in [0, 0.1) is 5.92 Å². The van der Waals surface area contributed by atoms with E-state index in [1.54, 1.807) is 0 Å². The van der Waals surface area contributed by atoms with Gasteiger partial charge in [-0.25, -0.2) is 0 Å². The molecule has 0 unspecified atom stereocenters. The van der Waals surface area contributed by atoms with Crippen LogP contribution in [0.3, 0.4) is 0 Å². The van der Waals surface area contributed by atoms with Crippen molar-refractivity contribution in [1.82, 2.24) is 15.0 Å². The molecule has 0 bridgehead atoms. The fourth-order valence-electron chi connectivity index (χ4n) is 2.52. The molecule has 1 atom stereocenters. The van der Waals surface area contributed by atoms with Crippen LogP contribution >= 0.6 is 11.3 Å². The molecule has 0 radical (unpaired) electrons. The summed E-state index contributed by atoms with van der Waals surface area (Å²) in [5.41, 5.74) is 0.719. The number of hydrogen-bond acceptors (Lipinski definition) is 5. The van der Waals surface area contributed by atoms with Gasteiger partial charge in [0, 0.05) is 4.88 Å². The Bertz CT molecular complexity index is 719. The lowest BCUT2D eigenvalue weighted by Crippen LogP contribution is -2.28. The zero-order valence-corrected chi connectivity index (χ0v) is 11.2. The Morgan fingerprint density at radius 1 is 1.58 bits per heavy atom. The average Bonchev–Trinajstić information content (AvgIpc) is 2.70. The molecule has 0 aromatic carbocycles. The summed E-state index contributed by atoms with van der Waals surface area (Å²) in [5, 5.41) is 17.0. The van der Waals surface area contributed by atoms with Gasteiger partial charge in [-0.05, 0) is 30.7 Å². The molecule has 100 valence electrons. The van der Waals surface area contributed by atoms with Crippen molar-refractivity contribution in [3.8, 4) is 0 Å². The number of thiophene rings is 1. The van der Waals surface area contributed by atoms with E-state index in [2.05, 4.69) is 17.2 Å². The van der Waals surface area contributed by atoms with E-state index in [-0.39, 0.29) is 5.56 Å². The van der Waals surface area contributed by atoms with Crippen molar-refractivity contribution in [2.24, 2.45) is 5.92 Å². The molecule has 1 aliphatic rings. The smallest absolute Gasteiger partial charge is 0.325 e. The Kier molecular flexibility index (Phi) is 2.85. The number of carboxylic acids is 1. The number of carbonyl (C=O) groups is 1. The molecular weight excluding hydrogens is 266 g/mol. The molecule has 0 amide bonds. The van der Waals surface area contributed by atoms with E-state index in [0.717, 1.165) is 29.5 Å². The van der Waals surface area contributed by atoms with Gasteiger partial charge in [-0.3, -0.25) is 9.59 Å². The maximum Gasteiger partial charge on any atom is 0.325 e. The molecule has 2 aromatic rings. The standard InChI is InChI=1S/C12H13N3O3S/c1-6-2-3-7-8(4-6)19-11-10(7)12(18)15(14-13-11)5-9(16)17/h6H,2-5H2,1H3,(H,16,17)/t6-/m1/s1. The lowest BCUT2D eigenvalue weighted by atomic mass is 9.89. The zero-order chi connectivity index (χ0) is 13.6. The van der Waals surface area contributed by atoms with E-state index < -0.39 is 12.5 Å². The topological polar surface area (TPSA) is 85.1 Å². The molecule has 2 heterocycles. The second kappa shape index (κ2) is 4.41. The lowest BCUT2D eigenvalue weighted by molar-refractivity contribution is -0.138. The van der Waals surface area contributed by atoms with Gasteiger partial charge in [0.15, 0.2) is 4.83 Å². The minimum atomic E-state index is -1.09. The minimum absolute atomic E-state index is 0.334. The fourth-order valence-corrected chi connectivity index (χ4v) is 3.84. The number of fused-ring (bicyclic) bond motifs is 3. The van der Waals surface area contributed by atoms with Gasteiger partial charge in [0.1, 0.15) is 6.54 Å². The summed E-state index contributed by atoms with van der Waals surface area (Å²) >= 11 is 1.51. The summed E-state index contributed by atoms with van der Waals surface area (Å²) in [7, 11) is 0. The quantitative estimate of drug-likeness (QED) is 0.888. The van der Waals surface area contributed by atoms with Crippen molar-refractivity contribution in [1.29, 1.82) is 0 Å². The Labute approximate surface area is 112 Å². The first kappa shape index (κ1) is 12.3. The molecule has 0 saturated carbocycles. The highest BCUT2D eigenvalue weighted by Gasteiger charge is 2.23. The molecule has 0 fully saturated rings. The third-order valence-electron chi connectivity index (χ3n) is 3.47. The van der Waals surface area contributed by atoms with Crippen LogP contribution in [0.2, 0.25) is 0 Å². The molecule has 1 aliphatic carbocycles. The van der Waals surface area contributed by atoms with E-state index in [0.29, 0.717) is 16.1 Å². The summed E-state index contributed by atoms with van der Waals surface area (Å²) in [5.74, 6) is -0.469. The van der Waals surface area contributed by atoms with Crippen LogP contribution in [0.15, 0.2) is 4.79 Å². The highest BCUT2D eigenvalue weighted by Crippen LogP contribution is 2.35. The van der Waals surface area contributed by atoms with Gasteiger partial charge < -0.3 is 5.11 Å². The molecule has 7 heteroatoms. The van der Waals surface area contributed by atoms with E-state index >= 15 is 0 Å². The lowest BCUT2D eigenvalue weighted by Gasteiger charge is -2.17. The molecule has 3 rings (SSSR count). The first-order valence-corrected chi connectivity index (χ1v) is 6.97. The van der Waals surface area contributed by atoms with Crippen molar-refractivity contribution in [3.05, 3.63) is 20.8 Å². The van der Waals surface area contributed by atoms with Gasteiger partial charge in [-0.15, -0.1) is 16.4 Å².